The summed E-state index contributed by atoms with van der Waals surface area (Å²) < 4.78 is 5.67. The number of hydrogen-bond acceptors (Lipinski definition) is 2. The molecule has 1 saturated carbocycles. The first-order chi connectivity index (χ1) is 10.7. The van der Waals surface area contributed by atoms with Crippen molar-refractivity contribution in [1.29, 1.82) is 0 Å². The molecule has 1 aliphatic rings. The van der Waals surface area contributed by atoms with E-state index in [9.17, 15) is 4.79 Å². The Bertz CT molecular complexity index is 674. The highest BCUT2D eigenvalue weighted by atomic mass is 16.5. The molecule has 0 spiro atoms. The van der Waals surface area contributed by atoms with E-state index in [0.29, 0.717) is 5.92 Å². The first-order valence-electron chi connectivity index (χ1n) is 8.38. The summed E-state index contributed by atoms with van der Waals surface area (Å²) in [6.07, 6.45) is 5.51. The van der Waals surface area contributed by atoms with Crippen molar-refractivity contribution in [3.63, 3.8) is 0 Å². The van der Waals surface area contributed by atoms with Crippen molar-refractivity contribution in [2.24, 2.45) is 0 Å². The Balaban J connectivity index is 2.11. The van der Waals surface area contributed by atoms with Gasteiger partial charge in [0.25, 0.3) is 0 Å². The summed E-state index contributed by atoms with van der Waals surface area (Å²) in [5.74, 6) is 0.175. The first kappa shape index (κ1) is 15.1. The molecule has 1 fully saturated rings. The molecule has 0 heterocycles. The van der Waals surface area contributed by atoms with Gasteiger partial charge in [0.15, 0.2) is 0 Å². The minimum Gasteiger partial charge on any atom is -0.462 e. The number of esters is 1. The van der Waals surface area contributed by atoms with Gasteiger partial charge >= 0.3 is 5.97 Å². The minimum absolute atomic E-state index is 0.0300. The monoisotopic (exact) mass is 296 g/mol. The number of aryl methyl sites for hydroxylation is 1. The molecule has 3 rings (SSSR count). The molecule has 2 atom stereocenters. The summed E-state index contributed by atoms with van der Waals surface area (Å²) in [4.78, 5) is 11.5. The van der Waals surface area contributed by atoms with E-state index in [4.69, 9.17) is 4.74 Å². The lowest BCUT2D eigenvalue weighted by molar-refractivity contribution is -0.148. The Morgan fingerprint density at radius 2 is 1.91 bits per heavy atom. The van der Waals surface area contributed by atoms with Crippen LogP contribution in [0.5, 0.6) is 0 Å². The normalized spacial score (nSPS) is 21.7. The SMILES string of the molecule is CCc1ccc2ccccc2c1[C@H]1CCCC[C@H]1OC(C)=O. The van der Waals surface area contributed by atoms with Crippen LogP contribution in [0.4, 0.5) is 0 Å². The first-order valence-corrected chi connectivity index (χ1v) is 8.38. The molecule has 22 heavy (non-hydrogen) atoms. The van der Waals surface area contributed by atoms with Crippen LogP contribution in [0.25, 0.3) is 10.8 Å². The van der Waals surface area contributed by atoms with Gasteiger partial charge in [-0.25, -0.2) is 0 Å². The van der Waals surface area contributed by atoms with Gasteiger partial charge in [0, 0.05) is 12.8 Å². The summed E-state index contributed by atoms with van der Waals surface area (Å²) in [5.41, 5.74) is 2.80. The molecule has 116 valence electrons. The predicted octanol–water partition coefficient (Wildman–Crippen LogP) is 4.99. The van der Waals surface area contributed by atoms with Crippen molar-refractivity contribution in [1.82, 2.24) is 0 Å². The van der Waals surface area contributed by atoms with Crippen molar-refractivity contribution < 1.29 is 9.53 Å². The van der Waals surface area contributed by atoms with E-state index >= 15 is 0 Å². The number of ether oxygens (including phenoxy) is 1. The van der Waals surface area contributed by atoms with E-state index in [0.717, 1.165) is 25.7 Å². The summed E-state index contributed by atoms with van der Waals surface area (Å²) in [6.45, 7) is 3.73. The predicted molar refractivity (Wildman–Crippen MR) is 90.1 cm³/mol. The topological polar surface area (TPSA) is 26.3 Å². The molecule has 0 aromatic heterocycles. The molecule has 0 saturated heterocycles. The van der Waals surface area contributed by atoms with E-state index < -0.39 is 0 Å². The van der Waals surface area contributed by atoms with Crippen molar-refractivity contribution >= 4 is 16.7 Å². The molecule has 2 heteroatoms. The Kier molecular flexibility index (Phi) is 4.47. The lowest BCUT2D eigenvalue weighted by Gasteiger charge is -2.33. The fourth-order valence-electron chi connectivity index (χ4n) is 3.87. The third-order valence-electron chi connectivity index (χ3n) is 4.83. The van der Waals surface area contributed by atoms with Gasteiger partial charge in [0.05, 0.1) is 0 Å². The molecule has 2 aromatic carbocycles. The second-order valence-electron chi connectivity index (χ2n) is 6.25. The Morgan fingerprint density at radius 1 is 1.14 bits per heavy atom. The number of carbonyl (C=O) groups excluding carboxylic acids is 1. The van der Waals surface area contributed by atoms with Crippen molar-refractivity contribution in [2.45, 2.75) is 58.0 Å². The van der Waals surface area contributed by atoms with Gasteiger partial charge in [0.1, 0.15) is 6.10 Å². The van der Waals surface area contributed by atoms with Gasteiger partial charge in [-0.1, -0.05) is 49.7 Å². The fourth-order valence-corrected chi connectivity index (χ4v) is 3.87. The third kappa shape index (κ3) is 2.87. The van der Waals surface area contributed by atoms with E-state index in [1.54, 1.807) is 0 Å². The second-order valence-corrected chi connectivity index (χ2v) is 6.25. The molecular formula is C20H24O2. The van der Waals surface area contributed by atoms with Gasteiger partial charge in [-0.15, -0.1) is 0 Å². The summed E-state index contributed by atoms with van der Waals surface area (Å²) in [5, 5.41) is 2.60. The maximum absolute atomic E-state index is 11.5. The van der Waals surface area contributed by atoms with E-state index in [1.807, 2.05) is 0 Å². The molecular weight excluding hydrogens is 272 g/mol. The summed E-state index contributed by atoms with van der Waals surface area (Å²) >= 11 is 0. The lowest BCUT2D eigenvalue weighted by Crippen LogP contribution is -2.28. The van der Waals surface area contributed by atoms with Gasteiger partial charge in [-0.2, -0.15) is 0 Å². The Labute approximate surface area is 132 Å². The van der Waals surface area contributed by atoms with Crippen molar-refractivity contribution in [2.75, 3.05) is 0 Å². The zero-order valence-electron chi connectivity index (χ0n) is 13.5. The van der Waals surface area contributed by atoms with E-state index in [-0.39, 0.29) is 12.1 Å². The lowest BCUT2D eigenvalue weighted by atomic mass is 9.77. The number of benzene rings is 2. The average molecular weight is 296 g/mol. The molecule has 0 radical (unpaired) electrons. The molecule has 0 unspecified atom stereocenters. The van der Waals surface area contributed by atoms with Crippen LogP contribution in [0.2, 0.25) is 0 Å². The van der Waals surface area contributed by atoms with Crippen molar-refractivity contribution in [3.05, 3.63) is 47.5 Å². The zero-order chi connectivity index (χ0) is 15.5. The smallest absolute Gasteiger partial charge is 0.302 e. The number of hydrogen-bond donors (Lipinski definition) is 0. The molecule has 0 bridgehead atoms. The molecule has 2 nitrogen and oxygen atoms in total. The molecule has 0 amide bonds. The number of rotatable bonds is 3. The van der Waals surface area contributed by atoms with Crippen LogP contribution >= 0.6 is 0 Å². The summed E-state index contributed by atoms with van der Waals surface area (Å²) in [6, 6.07) is 13.0. The largest absolute Gasteiger partial charge is 0.462 e. The van der Waals surface area contributed by atoms with Gasteiger partial charge in [-0.05, 0) is 47.6 Å². The molecule has 1 aliphatic carbocycles. The van der Waals surface area contributed by atoms with Crippen LogP contribution in [0.3, 0.4) is 0 Å². The fraction of sp³-hybridized carbons (Fsp3) is 0.450. The van der Waals surface area contributed by atoms with Crippen LogP contribution in [0.15, 0.2) is 36.4 Å². The minimum atomic E-state index is -0.157. The highest BCUT2D eigenvalue weighted by Crippen LogP contribution is 2.40. The number of carbonyl (C=O) groups is 1. The third-order valence-corrected chi connectivity index (χ3v) is 4.83. The highest BCUT2D eigenvalue weighted by molar-refractivity contribution is 5.87. The van der Waals surface area contributed by atoms with E-state index in [1.165, 1.54) is 35.2 Å². The van der Waals surface area contributed by atoms with Gasteiger partial charge < -0.3 is 4.74 Å². The van der Waals surface area contributed by atoms with Gasteiger partial charge in [-0.3, -0.25) is 4.79 Å². The molecule has 2 aromatic rings. The molecule has 0 aliphatic heterocycles. The second kappa shape index (κ2) is 6.51. The quantitative estimate of drug-likeness (QED) is 0.746. The van der Waals surface area contributed by atoms with Crippen LogP contribution in [0, 0.1) is 0 Å². The highest BCUT2D eigenvalue weighted by Gasteiger charge is 2.31. The van der Waals surface area contributed by atoms with Crippen LogP contribution in [-0.2, 0) is 16.0 Å². The van der Waals surface area contributed by atoms with E-state index in [2.05, 4.69) is 43.3 Å². The average Bonchev–Trinajstić information content (AvgIpc) is 2.54. The van der Waals surface area contributed by atoms with Crippen LogP contribution in [-0.4, -0.2) is 12.1 Å². The van der Waals surface area contributed by atoms with Crippen LogP contribution < -0.4 is 0 Å². The zero-order valence-corrected chi connectivity index (χ0v) is 13.5. The summed E-state index contributed by atoms with van der Waals surface area (Å²) in [7, 11) is 0. The molecule has 0 N–H and O–H groups in total. The Hall–Kier alpha value is -1.83. The Morgan fingerprint density at radius 3 is 2.68 bits per heavy atom. The number of fused-ring (bicyclic) bond motifs is 1. The standard InChI is InChI=1S/C20H24O2/c1-3-15-12-13-16-8-4-5-9-17(16)20(15)18-10-6-7-11-19(18)22-14(2)21/h4-5,8-9,12-13,18-19H,3,6-7,10-11H2,1-2H3/t18-,19+/m0/s1. The van der Waals surface area contributed by atoms with Gasteiger partial charge in [0.2, 0.25) is 0 Å². The maximum Gasteiger partial charge on any atom is 0.302 e. The maximum atomic E-state index is 11.5. The van der Waals surface area contributed by atoms with Crippen LogP contribution in [0.1, 0.15) is 56.6 Å². The van der Waals surface area contributed by atoms with Crippen molar-refractivity contribution in [3.8, 4) is 0 Å².